The molecule has 214 valence electrons. The van der Waals surface area contributed by atoms with Gasteiger partial charge in [-0.05, 0) is 29.8 Å². The van der Waals surface area contributed by atoms with E-state index in [1.54, 1.807) is 19.2 Å². The molecule has 3 aromatic carbocycles. The van der Waals surface area contributed by atoms with Gasteiger partial charge in [-0.15, -0.1) is 0 Å². The van der Waals surface area contributed by atoms with Gasteiger partial charge in [0.15, 0.2) is 0 Å². The lowest BCUT2D eigenvalue weighted by Gasteiger charge is -2.12. The quantitative estimate of drug-likeness (QED) is 0.141. The van der Waals surface area contributed by atoms with E-state index in [0.29, 0.717) is 69.5 Å². The van der Waals surface area contributed by atoms with Crippen molar-refractivity contribution >= 4 is 29.4 Å². The van der Waals surface area contributed by atoms with Crippen molar-refractivity contribution in [3.8, 4) is 5.75 Å². The predicted molar refractivity (Wildman–Crippen MR) is 159 cm³/mol. The van der Waals surface area contributed by atoms with Crippen LogP contribution in [-0.4, -0.2) is 67.5 Å². The number of hydrogen-bond donors (Lipinski definition) is 4. The fraction of sp³-hybridized carbons (Fsp3) is 0.267. The monoisotopic (exact) mass is 557 g/mol. The molecule has 0 radical (unpaired) electrons. The number of amides is 1. The van der Waals surface area contributed by atoms with Gasteiger partial charge in [0, 0.05) is 37.0 Å². The molecule has 4 N–H and O–H groups in total. The second kappa shape index (κ2) is 16.4. The molecule has 0 aliphatic rings. The molecular weight excluding hydrogens is 522 g/mol. The maximum Gasteiger partial charge on any atom is 0.251 e. The van der Waals surface area contributed by atoms with Crippen molar-refractivity contribution in [2.45, 2.75) is 6.54 Å². The summed E-state index contributed by atoms with van der Waals surface area (Å²) in [6, 6.07) is 26.6. The van der Waals surface area contributed by atoms with Crippen LogP contribution in [0, 0.1) is 0 Å². The minimum absolute atomic E-state index is 0.116. The van der Waals surface area contributed by atoms with Gasteiger partial charge in [-0.2, -0.15) is 15.0 Å². The predicted octanol–water partition coefficient (Wildman–Crippen LogP) is 4.11. The van der Waals surface area contributed by atoms with Crippen LogP contribution in [0.4, 0.5) is 23.5 Å². The summed E-state index contributed by atoms with van der Waals surface area (Å²) >= 11 is 0. The van der Waals surface area contributed by atoms with E-state index in [0.717, 1.165) is 17.0 Å². The van der Waals surface area contributed by atoms with E-state index in [9.17, 15) is 4.79 Å². The molecule has 0 fully saturated rings. The van der Waals surface area contributed by atoms with Gasteiger partial charge >= 0.3 is 0 Å². The van der Waals surface area contributed by atoms with E-state index in [2.05, 4.69) is 36.2 Å². The Hall–Kier alpha value is -4.74. The first-order chi connectivity index (χ1) is 20.2. The van der Waals surface area contributed by atoms with Crippen molar-refractivity contribution < 1.29 is 19.0 Å². The Morgan fingerprint density at radius 2 is 1.37 bits per heavy atom. The maximum absolute atomic E-state index is 12.0. The van der Waals surface area contributed by atoms with Crippen molar-refractivity contribution in [3.05, 3.63) is 96.1 Å². The molecule has 0 bridgehead atoms. The SMILES string of the molecule is COc1cccc(Nc2nc(NCCOCCOCCNC(=O)c3ccccc3)nc(NCc3ccccc3)n2)c1. The molecular formula is C30H35N7O4. The van der Waals surface area contributed by atoms with E-state index in [1.807, 2.05) is 72.8 Å². The first-order valence-electron chi connectivity index (χ1n) is 13.4. The van der Waals surface area contributed by atoms with E-state index in [-0.39, 0.29) is 5.91 Å². The number of carbonyl (C=O) groups excluding carboxylic acids is 1. The van der Waals surface area contributed by atoms with E-state index in [4.69, 9.17) is 14.2 Å². The normalized spacial score (nSPS) is 10.6. The topological polar surface area (TPSA) is 132 Å². The Morgan fingerprint density at radius 3 is 2.10 bits per heavy atom. The van der Waals surface area contributed by atoms with Crippen LogP contribution >= 0.6 is 0 Å². The van der Waals surface area contributed by atoms with Crippen LogP contribution in [0.2, 0.25) is 0 Å². The van der Waals surface area contributed by atoms with Crippen LogP contribution in [0.3, 0.4) is 0 Å². The van der Waals surface area contributed by atoms with Gasteiger partial charge in [0.2, 0.25) is 17.8 Å². The number of anilines is 4. The Labute approximate surface area is 239 Å². The number of carbonyl (C=O) groups is 1. The third-order valence-corrected chi connectivity index (χ3v) is 5.72. The van der Waals surface area contributed by atoms with Crippen molar-refractivity contribution in [2.24, 2.45) is 0 Å². The lowest BCUT2D eigenvalue weighted by molar-refractivity contribution is 0.0519. The highest BCUT2D eigenvalue weighted by atomic mass is 16.5. The fourth-order valence-electron chi connectivity index (χ4n) is 3.68. The Bertz CT molecular complexity index is 1340. The second-order valence-corrected chi connectivity index (χ2v) is 8.78. The number of ether oxygens (including phenoxy) is 3. The summed E-state index contributed by atoms with van der Waals surface area (Å²) in [5.41, 5.74) is 2.53. The smallest absolute Gasteiger partial charge is 0.251 e. The van der Waals surface area contributed by atoms with Gasteiger partial charge in [-0.3, -0.25) is 4.79 Å². The largest absolute Gasteiger partial charge is 0.497 e. The van der Waals surface area contributed by atoms with Crippen molar-refractivity contribution in [2.75, 3.05) is 62.6 Å². The Kier molecular flexibility index (Phi) is 11.7. The van der Waals surface area contributed by atoms with Crippen molar-refractivity contribution in [1.82, 2.24) is 20.3 Å². The molecule has 0 aliphatic heterocycles. The molecule has 0 atom stereocenters. The number of benzene rings is 3. The lowest BCUT2D eigenvalue weighted by Crippen LogP contribution is -2.27. The second-order valence-electron chi connectivity index (χ2n) is 8.78. The third kappa shape index (κ3) is 10.4. The molecule has 41 heavy (non-hydrogen) atoms. The number of aromatic nitrogens is 3. The molecule has 1 heterocycles. The summed E-state index contributed by atoms with van der Waals surface area (Å²) in [6.07, 6.45) is 0. The summed E-state index contributed by atoms with van der Waals surface area (Å²) < 4.78 is 16.5. The van der Waals surface area contributed by atoms with E-state index < -0.39 is 0 Å². The zero-order valence-electron chi connectivity index (χ0n) is 23.0. The van der Waals surface area contributed by atoms with Gasteiger partial charge in [-0.25, -0.2) is 0 Å². The highest BCUT2D eigenvalue weighted by Gasteiger charge is 2.08. The summed E-state index contributed by atoms with van der Waals surface area (Å²) in [4.78, 5) is 25.5. The minimum atomic E-state index is -0.116. The van der Waals surface area contributed by atoms with Crippen LogP contribution in [0.15, 0.2) is 84.9 Å². The summed E-state index contributed by atoms with van der Waals surface area (Å²) in [7, 11) is 1.62. The number of methoxy groups -OCH3 is 1. The van der Waals surface area contributed by atoms with Crippen molar-refractivity contribution in [3.63, 3.8) is 0 Å². The molecule has 1 aromatic heterocycles. The Balaban J connectivity index is 1.20. The van der Waals surface area contributed by atoms with Crippen LogP contribution in [-0.2, 0) is 16.0 Å². The average Bonchev–Trinajstić information content (AvgIpc) is 3.02. The van der Waals surface area contributed by atoms with Gasteiger partial charge in [0.25, 0.3) is 5.91 Å². The molecule has 0 spiro atoms. The highest BCUT2D eigenvalue weighted by Crippen LogP contribution is 2.20. The molecule has 11 heteroatoms. The number of hydrogen-bond acceptors (Lipinski definition) is 10. The number of nitrogens with one attached hydrogen (secondary N) is 4. The Morgan fingerprint density at radius 1 is 0.707 bits per heavy atom. The van der Waals surface area contributed by atoms with Crippen LogP contribution in [0.1, 0.15) is 15.9 Å². The first-order valence-corrected chi connectivity index (χ1v) is 13.4. The molecule has 0 unspecified atom stereocenters. The minimum Gasteiger partial charge on any atom is -0.497 e. The van der Waals surface area contributed by atoms with E-state index in [1.165, 1.54) is 0 Å². The van der Waals surface area contributed by atoms with E-state index >= 15 is 0 Å². The van der Waals surface area contributed by atoms with Crippen LogP contribution in [0.25, 0.3) is 0 Å². The molecule has 4 aromatic rings. The van der Waals surface area contributed by atoms with Gasteiger partial charge in [-0.1, -0.05) is 54.6 Å². The van der Waals surface area contributed by atoms with Gasteiger partial charge < -0.3 is 35.5 Å². The molecule has 0 aliphatic carbocycles. The fourth-order valence-corrected chi connectivity index (χ4v) is 3.68. The molecule has 1 amide bonds. The van der Waals surface area contributed by atoms with Gasteiger partial charge in [0.1, 0.15) is 5.75 Å². The standard InChI is InChI=1S/C30H35N7O4/c1-39-26-14-8-13-25(21-26)34-30-36-28(35-29(37-30)33-22-23-9-4-2-5-10-23)32-16-18-41-20-19-40-17-15-31-27(38)24-11-6-3-7-12-24/h2-14,21H,15-20,22H2,1H3,(H,31,38)(H3,32,33,34,35,36,37). The zero-order chi connectivity index (χ0) is 28.5. The summed E-state index contributed by atoms with van der Waals surface area (Å²) in [5.74, 6) is 1.85. The number of rotatable bonds is 17. The third-order valence-electron chi connectivity index (χ3n) is 5.72. The number of nitrogens with zero attached hydrogens (tertiary/aromatic N) is 3. The zero-order valence-corrected chi connectivity index (χ0v) is 23.0. The summed E-state index contributed by atoms with van der Waals surface area (Å²) in [5, 5.41) is 12.5. The molecule has 11 nitrogen and oxygen atoms in total. The molecule has 4 rings (SSSR count). The van der Waals surface area contributed by atoms with Crippen LogP contribution < -0.4 is 26.0 Å². The van der Waals surface area contributed by atoms with Crippen LogP contribution in [0.5, 0.6) is 5.75 Å². The maximum atomic E-state index is 12.0. The molecule has 0 saturated carbocycles. The summed E-state index contributed by atoms with van der Waals surface area (Å²) in [6.45, 7) is 3.20. The average molecular weight is 558 g/mol. The lowest BCUT2D eigenvalue weighted by atomic mass is 10.2. The van der Waals surface area contributed by atoms with Gasteiger partial charge in [0.05, 0.1) is 33.5 Å². The first kappa shape index (κ1) is 29.2. The molecule has 0 saturated heterocycles. The van der Waals surface area contributed by atoms with Crippen molar-refractivity contribution in [1.29, 1.82) is 0 Å². The highest BCUT2D eigenvalue weighted by molar-refractivity contribution is 5.94.